The zero-order chi connectivity index (χ0) is 11.4. The predicted octanol–water partition coefficient (Wildman–Crippen LogP) is 1.26. The number of nitrogens with one attached hydrogen (secondary N) is 1. The van der Waals surface area contributed by atoms with Gasteiger partial charge >= 0.3 is 5.97 Å². The number of hydrogen-bond acceptors (Lipinski definition) is 2. The van der Waals surface area contributed by atoms with Crippen LogP contribution < -0.4 is 5.32 Å². The number of carbonyl (C=O) groups is 2. The van der Waals surface area contributed by atoms with Gasteiger partial charge in [0.2, 0.25) is 5.91 Å². The maximum atomic E-state index is 10.7. The molecule has 1 unspecified atom stereocenters. The SMILES string of the molecule is CC(=O)NCC(CC(=O)O)C(C)(C)C. The summed E-state index contributed by atoms with van der Waals surface area (Å²) in [6.07, 6.45) is 0.0871. The number of carbonyl (C=O) groups excluding carboxylic acids is 1. The Bertz CT molecular complexity index is 218. The number of amides is 1. The van der Waals surface area contributed by atoms with Gasteiger partial charge in [-0.1, -0.05) is 20.8 Å². The van der Waals surface area contributed by atoms with Gasteiger partial charge in [-0.2, -0.15) is 0 Å². The molecule has 0 aliphatic carbocycles. The van der Waals surface area contributed by atoms with E-state index in [9.17, 15) is 9.59 Å². The van der Waals surface area contributed by atoms with Gasteiger partial charge in [0.15, 0.2) is 0 Å². The van der Waals surface area contributed by atoms with Gasteiger partial charge in [0.25, 0.3) is 0 Å². The second-order valence-electron chi connectivity index (χ2n) is 4.60. The fourth-order valence-electron chi connectivity index (χ4n) is 1.16. The summed E-state index contributed by atoms with van der Waals surface area (Å²) < 4.78 is 0. The molecule has 82 valence electrons. The molecule has 1 atom stereocenters. The van der Waals surface area contributed by atoms with Crippen LogP contribution >= 0.6 is 0 Å². The molecule has 0 saturated carbocycles. The second kappa shape index (κ2) is 4.98. The highest BCUT2D eigenvalue weighted by atomic mass is 16.4. The zero-order valence-electron chi connectivity index (χ0n) is 9.26. The maximum absolute atomic E-state index is 10.7. The molecule has 4 nitrogen and oxygen atoms in total. The maximum Gasteiger partial charge on any atom is 0.303 e. The summed E-state index contributed by atoms with van der Waals surface area (Å²) in [7, 11) is 0. The lowest BCUT2D eigenvalue weighted by Crippen LogP contribution is -2.35. The van der Waals surface area contributed by atoms with Crippen LogP contribution in [0.2, 0.25) is 0 Å². The van der Waals surface area contributed by atoms with Crippen molar-refractivity contribution >= 4 is 11.9 Å². The Labute approximate surface area is 84.7 Å². The zero-order valence-corrected chi connectivity index (χ0v) is 9.26. The third-order valence-corrected chi connectivity index (χ3v) is 2.24. The summed E-state index contributed by atoms with van der Waals surface area (Å²) in [4.78, 5) is 21.3. The van der Waals surface area contributed by atoms with Crippen molar-refractivity contribution in [1.82, 2.24) is 5.32 Å². The topological polar surface area (TPSA) is 66.4 Å². The Balaban J connectivity index is 4.26. The van der Waals surface area contributed by atoms with Crippen LogP contribution in [0.3, 0.4) is 0 Å². The molecule has 0 radical (unpaired) electrons. The molecular weight excluding hydrogens is 182 g/mol. The molecule has 0 aliphatic rings. The van der Waals surface area contributed by atoms with Crippen molar-refractivity contribution in [3.63, 3.8) is 0 Å². The Morgan fingerprint density at radius 2 is 1.86 bits per heavy atom. The second-order valence-corrected chi connectivity index (χ2v) is 4.60. The summed E-state index contributed by atoms with van der Waals surface area (Å²) in [5.74, 6) is -0.983. The minimum atomic E-state index is -0.824. The third kappa shape index (κ3) is 5.56. The number of carboxylic acids is 1. The van der Waals surface area contributed by atoms with Gasteiger partial charge in [-0.3, -0.25) is 9.59 Å². The van der Waals surface area contributed by atoms with Crippen molar-refractivity contribution in [2.45, 2.75) is 34.1 Å². The first-order chi connectivity index (χ1) is 6.23. The third-order valence-electron chi connectivity index (χ3n) is 2.24. The van der Waals surface area contributed by atoms with Crippen molar-refractivity contribution in [3.05, 3.63) is 0 Å². The first kappa shape index (κ1) is 12.9. The first-order valence-corrected chi connectivity index (χ1v) is 4.69. The number of rotatable bonds is 4. The Morgan fingerprint density at radius 1 is 1.36 bits per heavy atom. The van der Waals surface area contributed by atoms with E-state index in [2.05, 4.69) is 5.32 Å². The molecule has 0 bridgehead atoms. The lowest BCUT2D eigenvalue weighted by atomic mass is 9.78. The highest BCUT2D eigenvalue weighted by Crippen LogP contribution is 2.27. The molecule has 2 N–H and O–H groups in total. The smallest absolute Gasteiger partial charge is 0.303 e. The van der Waals surface area contributed by atoms with Crippen LogP contribution in [-0.2, 0) is 9.59 Å². The van der Waals surface area contributed by atoms with Gasteiger partial charge in [0.1, 0.15) is 0 Å². The molecule has 0 aromatic heterocycles. The lowest BCUT2D eigenvalue weighted by Gasteiger charge is -2.29. The van der Waals surface area contributed by atoms with Gasteiger partial charge < -0.3 is 10.4 Å². The number of carboxylic acid groups (broad SMARTS) is 1. The van der Waals surface area contributed by atoms with Gasteiger partial charge in [0, 0.05) is 13.5 Å². The molecule has 0 fully saturated rings. The molecule has 4 heteroatoms. The standard InChI is InChI=1S/C10H19NO3/c1-7(12)11-6-8(5-9(13)14)10(2,3)4/h8H,5-6H2,1-4H3,(H,11,12)(H,13,14). The molecule has 0 aromatic rings. The van der Waals surface area contributed by atoms with Crippen LogP contribution in [0.4, 0.5) is 0 Å². The molecule has 0 saturated heterocycles. The lowest BCUT2D eigenvalue weighted by molar-refractivity contribution is -0.139. The Hall–Kier alpha value is -1.06. The Morgan fingerprint density at radius 3 is 2.14 bits per heavy atom. The normalized spacial score (nSPS) is 13.4. The van der Waals surface area contributed by atoms with Crippen LogP contribution in [0.25, 0.3) is 0 Å². The molecule has 14 heavy (non-hydrogen) atoms. The van der Waals surface area contributed by atoms with Crippen LogP contribution in [0.5, 0.6) is 0 Å². The van der Waals surface area contributed by atoms with Crippen LogP contribution in [-0.4, -0.2) is 23.5 Å². The molecule has 1 amide bonds. The van der Waals surface area contributed by atoms with E-state index in [4.69, 9.17) is 5.11 Å². The van der Waals surface area contributed by atoms with Crippen molar-refractivity contribution < 1.29 is 14.7 Å². The fourth-order valence-corrected chi connectivity index (χ4v) is 1.16. The highest BCUT2D eigenvalue weighted by Gasteiger charge is 2.26. The minimum absolute atomic E-state index is 0.0381. The summed E-state index contributed by atoms with van der Waals surface area (Å²) in [5.41, 5.74) is -0.110. The first-order valence-electron chi connectivity index (χ1n) is 4.69. The number of hydrogen-bond donors (Lipinski definition) is 2. The average Bonchev–Trinajstić information content (AvgIpc) is 1.94. The van der Waals surface area contributed by atoms with E-state index in [0.29, 0.717) is 6.54 Å². The summed E-state index contributed by atoms with van der Waals surface area (Å²) >= 11 is 0. The Kier molecular flexibility index (Phi) is 4.60. The van der Waals surface area contributed by atoms with E-state index in [0.717, 1.165) is 0 Å². The van der Waals surface area contributed by atoms with Gasteiger partial charge in [-0.25, -0.2) is 0 Å². The summed E-state index contributed by atoms with van der Waals surface area (Å²) in [6.45, 7) is 7.78. The molecular formula is C10H19NO3. The van der Waals surface area contributed by atoms with E-state index < -0.39 is 5.97 Å². The van der Waals surface area contributed by atoms with Gasteiger partial charge in [0.05, 0.1) is 6.42 Å². The van der Waals surface area contributed by atoms with Gasteiger partial charge in [-0.05, 0) is 11.3 Å². The van der Waals surface area contributed by atoms with Crippen molar-refractivity contribution in [3.8, 4) is 0 Å². The van der Waals surface area contributed by atoms with Gasteiger partial charge in [-0.15, -0.1) is 0 Å². The summed E-state index contributed by atoms with van der Waals surface area (Å²) in [5, 5.41) is 11.4. The average molecular weight is 201 g/mol. The minimum Gasteiger partial charge on any atom is -0.481 e. The van der Waals surface area contributed by atoms with E-state index in [1.54, 1.807) is 0 Å². The summed E-state index contributed by atoms with van der Waals surface area (Å²) in [6, 6.07) is 0. The number of aliphatic carboxylic acids is 1. The molecule has 0 heterocycles. The van der Waals surface area contributed by atoms with E-state index >= 15 is 0 Å². The largest absolute Gasteiger partial charge is 0.481 e. The van der Waals surface area contributed by atoms with E-state index in [1.165, 1.54) is 6.92 Å². The molecule has 0 aliphatic heterocycles. The van der Waals surface area contributed by atoms with Crippen LogP contribution in [0, 0.1) is 11.3 Å². The molecule has 0 rings (SSSR count). The predicted molar refractivity (Wildman–Crippen MR) is 53.9 cm³/mol. The van der Waals surface area contributed by atoms with Crippen LogP contribution in [0.15, 0.2) is 0 Å². The van der Waals surface area contributed by atoms with Crippen LogP contribution in [0.1, 0.15) is 34.1 Å². The highest BCUT2D eigenvalue weighted by molar-refractivity contribution is 5.73. The quantitative estimate of drug-likeness (QED) is 0.719. The van der Waals surface area contributed by atoms with E-state index in [1.807, 2.05) is 20.8 Å². The molecule has 0 spiro atoms. The monoisotopic (exact) mass is 201 g/mol. The van der Waals surface area contributed by atoms with E-state index in [-0.39, 0.29) is 23.7 Å². The van der Waals surface area contributed by atoms with Crippen molar-refractivity contribution in [2.75, 3.05) is 6.54 Å². The van der Waals surface area contributed by atoms with Crippen molar-refractivity contribution in [1.29, 1.82) is 0 Å². The van der Waals surface area contributed by atoms with Crippen molar-refractivity contribution in [2.24, 2.45) is 11.3 Å². The fraction of sp³-hybridized carbons (Fsp3) is 0.800. The molecule has 0 aromatic carbocycles.